The fourth-order valence-corrected chi connectivity index (χ4v) is 5.03. The molecule has 0 saturated carbocycles. The molecular weight excluding hydrogens is 520 g/mol. The molecule has 0 aliphatic carbocycles. The number of thioether (sulfide) groups is 1. The van der Waals surface area contributed by atoms with Crippen molar-refractivity contribution in [3.05, 3.63) is 17.1 Å². The first kappa shape index (κ1) is 26.9. The monoisotopic (exact) mass is 542 g/mol. The number of hydrogen-bond acceptors (Lipinski definition) is 13. The van der Waals surface area contributed by atoms with Gasteiger partial charge in [0.15, 0.2) is 5.13 Å². The van der Waals surface area contributed by atoms with Crippen LogP contribution >= 0.6 is 23.3 Å². The van der Waals surface area contributed by atoms with Crippen LogP contribution in [0.4, 0.5) is 5.13 Å². The van der Waals surface area contributed by atoms with E-state index >= 15 is 0 Å². The van der Waals surface area contributed by atoms with Gasteiger partial charge in [-0.05, 0) is 0 Å². The third kappa shape index (κ3) is 5.56. The van der Waals surface area contributed by atoms with E-state index < -0.39 is 58.9 Å². The molecule has 2 aliphatic heterocycles. The van der Waals surface area contributed by atoms with E-state index in [9.17, 15) is 34.2 Å². The minimum absolute atomic E-state index is 0.00872. The van der Waals surface area contributed by atoms with E-state index in [4.69, 9.17) is 15.3 Å². The normalized spacial score (nSPS) is 20.4. The molecule has 1 aromatic heterocycles. The van der Waals surface area contributed by atoms with Crippen LogP contribution < -0.4 is 11.1 Å². The predicted octanol–water partition coefficient (Wildman–Crippen LogP) is -0.748. The maximum absolute atomic E-state index is 13.0. The molecule has 0 bridgehead atoms. The molecule has 1 saturated heterocycles. The number of rotatable bonds is 10. The van der Waals surface area contributed by atoms with Gasteiger partial charge in [-0.3, -0.25) is 19.3 Å². The Morgan fingerprint density at radius 3 is 2.53 bits per heavy atom. The number of nitrogens with two attached hydrogens (primary N) is 1. The van der Waals surface area contributed by atoms with Gasteiger partial charge in [0.1, 0.15) is 23.7 Å². The molecule has 17 heteroatoms. The SMILES string of the molecule is CC(=O)OCC1=C(C(=O)O)N2C(=O)[C@@H](NC(=O)C(=NOC(C(=O)O)C(C)C)c3nsc(N)n3)[C@H]2SC1. The van der Waals surface area contributed by atoms with Crippen molar-refractivity contribution in [2.24, 2.45) is 11.1 Å². The fourth-order valence-electron chi connectivity index (χ4n) is 3.27. The maximum Gasteiger partial charge on any atom is 0.352 e. The lowest BCUT2D eigenvalue weighted by Gasteiger charge is -2.49. The summed E-state index contributed by atoms with van der Waals surface area (Å²) < 4.78 is 8.78. The summed E-state index contributed by atoms with van der Waals surface area (Å²) in [5.41, 5.74) is 5.00. The number of aromatic nitrogens is 2. The summed E-state index contributed by atoms with van der Waals surface area (Å²) in [6.45, 7) is 4.05. The molecular formula is C19H22N6O9S2. The molecule has 2 amide bonds. The summed E-state index contributed by atoms with van der Waals surface area (Å²) in [6.07, 6.45) is -1.38. The molecule has 0 aromatic carbocycles. The van der Waals surface area contributed by atoms with Crippen LogP contribution in [0, 0.1) is 5.92 Å². The van der Waals surface area contributed by atoms with Crippen LogP contribution in [0.2, 0.25) is 0 Å². The summed E-state index contributed by atoms with van der Waals surface area (Å²) in [6, 6.07) is -1.13. The van der Waals surface area contributed by atoms with E-state index in [-0.39, 0.29) is 34.6 Å². The molecule has 15 nitrogen and oxygen atoms in total. The van der Waals surface area contributed by atoms with Crippen LogP contribution in [0.25, 0.3) is 0 Å². The highest BCUT2D eigenvalue weighted by Gasteiger charge is 2.54. The van der Waals surface area contributed by atoms with Crippen molar-refractivity contribution < 1.29 is 43.8 Å². The van der Waals surface area contributed by atoms with E-state index in [0.717, 1.165) is 16.4 Å². The summed E-state index contributed by atoms with van der Waals surface area (Å²) in [5.74, 6) is -5.55. The van der Waals surface area contributed by atoms with Crippen molar-refractivity contribution in [2.45, 2.75) is 38.3 Å². The highest BCUT2D eigenvalue weighted by molar-refractivity contribution is 8.00. The molecule has 3 rings (SSSR count). The number of nitrogens with zero attached hydrogens (tertiary/aromatic N) is 4. The van der Waals surface area contributed by atoms with Gasteiger partial charge in [-0.1, -0.05) is 19.0 Å². The first-order valence-electron chi connectivity index (χ1n) is 10.3. The van der Waals surface area contributed by atoms with Crippen molar-refractivity contribution in [1.29, 1.82) is 0 Å². The second-order valence-electron chi connectivity index (χ2n) is 7.90. The van der Waals surface area contributed by atoms with Gasteiger partial charge in [-0.2, -0.15) is 9.36 Å². The molecule has 0 radical (unpaired) electrons. The fraction of sp³-hybridized carbons (Fsp3) is 0.474. The molecule has 194 valence electrons. The zero-order chi connectivity index (χ0) is 26.7. The van der Waals surface area contributed by atoms with Crippen molar-refractivity contribution in [3.63, 3.8) is 0 Å². The Balaban J connectivity index is 1.82. The lowest BCUT2D eigenvalue weighted by Crippen LogP contribution is -2.71. The quantitative estimate of drug-likeness (QED) is 0.124. The number of amides is 2. The Kier molecular flexibility index (Phi) is 8.13. The number of carbonyl (C=O) groups is 5. The Morgan fingerprint density at radius 2 is 2.00 bits per heavy atom. The zero-order valence-electron chi connectivity index (χ0n) is 19.2. The third-order valence-electron chi connectivity index (χ3n) is 4.96. The summed E-state index contributed by atoms with van der Waals surface area (Å²) in [5, 5.41) is 24.3. The van der Waals surface area contributed by atoms with Gasteiger partial charge < -0.3 is 30.8 Å². The highest BCUT2D eigenvalue weighted by Crippen LogP contribution is 2.40. The van der Waals surface area contributed by atoms with Gasteiger partial charge in [0.25, 0.3) is 11.8 Å². The predicted molar refractivity (Wildman–Crippen MR) is 125 cm³/mol. The van der Waals surface area contributed by atoms with E-state index in [2.05, 4.69) is 19.8 Å². The molecule has 5 N–H and O–H groups in total. The average Bonchev–Trinajstić information content (AvgIpc) is 3.22. The van der Waals surface area contributed by atoms with Crippen LogP contribution in [-0.4, -0.2) is 89.8 Å². The topological polar surface area (TPSA) is 224 Å². The van der Waals surface area contributed by atoms with Gasteiger partial charge in [0.05, 0.1) is 0 Å². The van der Waals surface area contributed by atoms with Gasteiger partial charge >= 0.3 is 17.9 Å². The molecule has 2 aliphatic rings. The van der Waals surface area contributed by atoms with Crippen LogP contribution in [0.1, 0.15) is 26.6 Å². The first-order chi connectivity index (χ1) is 16.9. The van der Waals surface area contributed by atoms with Gasteiger partial charge in [0.2, 0.25) is 17.6 Å². The number of hydrogen-bond donors (Lipinski definition) is 4. The van der Waals surface area contributed by atoms with Crippen molar-refractivity contribution in [1.82, 2.24) is 19.6 Å². The van der Waals surface area contributed by atoms with Crippen LogP contribution in [0.5, 0.6) is 0 Å². The van der Waals surface area contributed by atoms with Gasteiger partial charge in [0, 0.05) is 35.7 Å². The zero-order valence-corrected chi connectivity index (χ0v) is 20.8. The smallest absolute Gasteiger partial charge is 0.352 e. The number of anilines is 1. The molecule has 1 aromatic rings. The summed E-state index contributed by atoms with van der Waals surface area (Å²) >= 11 is 1.93. The minimum atomic E-state index is -1.38. The second kappa shape index (κ2) is 10.9. The van der Waals surface area contributed by atoms with Crippen LogP contribution in [-0.2, 0) is 33.5 Å². The number of oxime groups is 1. The maximum atomic E-state index is 13.0. The number of nitrogen functional groups attached to an aromatic ring is 1. The van der Waals surface area contributed by atoms with Gasteiger partial charge in [-0.25, -0.2) is 9.59 Å². The number of fused-ring (bicyclic) bond motifs is 1. The molecule has 1 fully saturated rings. The number of esters is 1. The Bertz CT molecular complexity index is 1160. The lowest BCUT2D eigenvalue weighted by atomic mass is 10.0. The van der Waals surface area contributed by atoms with Crippen molar-refractivity contribution in [3.8, 4) is 0 Å². The first-order valence-corrected chi connectivity index (χ1v) is 12.1. The van der Waals surface area contributed by atoms with Gasteiger partial charge in [-0.15, -0.1) is 11.8 Å². The molecule has 3 heterocycles. The number of β-lactam (4-membered cyclic amide) rings is 1. The third-order valence-corrected chi connectivity index (χ3v) is 6.84. The number of nitrogens with one attached hydrogen (secondary N) is 1. The number of carboxylic acids is 2. The molecule has 36 heavy (non-hydrogen) atoms. The number of ether oxygens (including phenoxy) is 1. The standard InChI is InChI=1S/C19H22N6O9S2/c1-6(2)12(18(31)32)34-23-9(13-22-19(20)36-24-13)14(27)21-10-15(28)25-11(17(29)30)8(4-33-7(3)26)5-35-16(10)25/h6,10,12,16H,4-5H2,1-3H3,(H,21,27)(H,29,30)(H,31,32)(H2,20,22,24)/t10-,12?,16-/m1/s1. The van der Waals surface area contributed by atoms with E-state index in [0.29, 0.717) is 0 Å². The highest BCUT2D eigenvalue weighted by atomic mass is 32.2. The largest absolute Gasteiger partial charge is 0.478 e. The Labute approximate surface area is 211 Å². The summed E-state index contributed by atoms with van der Waals surface area (Å²) in [4.78, 5) is 70.2. The molecule has 1 unspecified atom stereocenters. The molecule has 0 spiro atoms. The van der Waals surface area contributed by atoms with Crippen LogP contribution in [0.15, 0.2) is 16.4 Å². The van der Waals surface area contributed by atoms with E-state index in [1.165, 1.54) is 18.7 Å². The van der Waals surface area contributed by atoms with Crippen molar-refractivity contribution >= 4 is 63.9 Å². The van der Waals surface area contributed by atoms with E-state index in [1.54, 1.807) is 13.8 Å². The lowest BCUT2D eigenvalue weighted by molar-refractivity contribution is -0.153. The number of carboxylic acid groups (broad SMARTS) is 2. The second-order valence-corrected chi connectivity index (χ2v) is 9.79. The minimum Gasteiger partial charge on any atom is -0.478 e. The number of carbonyl (C=O) groups excluding carboxylic acids is 3. The Morgan fingerprint density at radius 1 is 1.31 bits per heavy atom. The van der Waals surface area contributed by atoms with Crippen molar-refractivity contribution in [2.75, 3.05) is 18.1 Å². The van der Waals surface area contributed by atoms with E-state index in [1.807, 2.05) is 0 Å². The Hall–Kier alpha value is -3.73. The van der Waals surface area contributed by atoms with Crippen LogP contribution in [0.3, 0.4) is 0 Å². The molecule has 3 atom stereocenters. The summed E-state index contributed by atoms with van der Waals surface area (Å²) in [7, 11) is 0. The average molecular weight is 543 g/mol. The number of aliphatic carboxylic acids is 2.